The summed E-state index contributed by atoms with van der Waals surface area (Å²) >= 11 is 0. The van der Waals surface area contributed by atoms with E-state index in [0.717, 1.165) is 0 Å². The lowest BCUT2D eigenvalue weighted by atomic mass is 9.90. The third-order valence-electron chi connectivity index (χ3n) is 3.76. The first-order valence-electron chi connectivity index (χ1n) is 7.54. The fourth-order valence-corrected chi connectivity index (χ4v) is 2.52. The summed E-state index contributed by atoms with van der Waals surface area (Å²) in [6.07, 6.45) is 1.02. The normalized spacial score (nSPS) is 18.7. The van der Waals surface area contributed by atoms with E-state index in [1.54, 1.807) is 18.2 Å². The molecular weight excluding hydrogens is 328 g/mol. The second-order valence-corrected chi connectivity index (χ2v) is 5.44. The van der Waals surface area contributed by atoms with E-state index in [-0.39, 0.29) is 13.0 Å². The van der Waals surface area contributed by atoms with Crippen molar-refractivity contribution in [3.63, 3.8) is 0 Å². The predicted molar refractivity (Wildman–Crippen MR) is 90.0 cm³/mol. The van der Waals surface area contributed by atoms with E-state index in [4.69, 9.17) is 19.4 Å². The van der Waals surface area contributed by atoms with E-state index < -0.39 is 23.9 Å². The molecule has 0 aliphatic carbocycles. The maximum Gasteiger partial charge on any atom is 0.308 e. The zero-order chi connectivity index (χ0) is 18.4. The molecule has 1 aromatic carbocycles. The monoisotopic (exact) mass is 348 g/mol. The number of carbonyl (C=O) groups excluding carboxylic acids is 1. The van der Waals surface area contributed by atoms with Crippen molar-refractivity contribution >= 4 is 17.6 Å². The van der Waals surface area contributed by atoms with Gasteiger partial charge >= 0.3 is 5.97 Å². The molecule has 1 amide bonds. The number of carboxylic acids is 1. The first-order valence-corrected chi connectivity index (χ1v) is 7.54. The molecular formula is C17H20N2O6. The molecule has 1 heterocycles. The van der Waals surface area contributed by atoms with Gasteiger partial charge < -0.3 is 24.7 Å². The van der Waals surface area contributed by atoms with Crippen LogP contribution in [0.15, 0.2) is 36.0 Å². The van der Waals surface area contributed by atoms with Crippen molar-refractivity contribution in [2.24, 2.45) is 5.16 Å². The van der Waals surface area contributed by atoms with Gasteiger partial charge in [-0.05, 0) is 18.2 Å². The smallest absolute Gasteiger partial charge is 0.308 e. The molecule has 25 heavy (non-hydrogen) atoms. The van der Waals surface area contributed by atoms with E-state index in [2.05, 4.69) is 17.1 Å². The molecule has 2 rings (SSSR count). The molecule has 1 aromatic rings. The molecule has 1 aliphatic rings. The lowest BCUT2D eigenvalue weighted by molar-refractivity contribution is -0.155. The number of nitrogens with one attached hydrogen (secondary N) is 1. The molecule has 0 aromatic heterocycles. The van der Waals surface area contributed by atoms with Gasteiger partial charge in [-0.25, -0.2) is 0 Å². The van der Waals surface area contributed by atoms with Crippen molar-refractivity contribution < 1.29 is 29.0 Å². The number of hydrogen-bond donors (Lipinski definition) is 2. The average Bonchev–Trinajstić information content (AvgIpc) is 3.03. The van der Waals surface area contributed by atoms with Crippen molar-refractivity contribution in [3.8, 4) is 11.5 Å². The third kappa shape index (κ3) is 3.90. The number of benzene rings is 1. The Hall–Kier alpha value is -3.03. The number of hydrogen-bond acceptors (Lipinski definition) is 6. The van der Waals surface area contributed by atoms with Crippen LogP contribution < -0.4 is 14.8 Å². The number of carbonyl (C=O) groups is 2. The van der Waals surface area contributed by atoms with Gasteiger partial charge in [0, 0.05) is 18.5 Å². The Kier molecular flexibility index (Phi) is 5.63. The molecule has 1 aliphatic heterocycles. The van der Waals surface area contributed by atoms with E-state index >= 15 is 0 Å². The topological polar surface area (TPSA) is 106 Å². The van der Waals surface area contributed by atoms with Gasteiger partial charge in [0.05, 0.1) is 26.4 Å². The van der Waals surface area contributed by atoms with Crippen molar-refractivity contribution in [1.82, 2.24) is 5.32 Å². The average molecular weight is 348 g/mol. The second-order valence-electron chi connectivity index (χ2n) is 5.44. The van der Waals surface area contributed by atoms with Gasteiger partial charge in [-0.15, -0.1) is 6.58 Å². The molecule has 0 bridgehead atoms. The van der Waals surface area contributed by atoms with E-state index in [1.807, 2.05) is 0 Å². The Morgan fingerprint density at radius 3 is 2.72 bits per heavy atom. The molecule has 8 nitrogen and oxygen atoms in total. The summed E-state index contributed by atoms with van der Waals surface area (Å²) < 4.78 is 10.4. The van der Waals surface area contributed by atoms with Crippen LogP contribution in [0.2, 0.25) is 0 Å². The van der Waals surface area contributed by atoms with E-state index in [1.165, 1.54) is 20.3 Å². The first-order chi connectivity index (χ1) is 12.0. The standard InChI is InChI=1S/C17H20N2O6/c1-4-7-18-16(22)17(10-15(20)21)9-12(19-25-17)11-5-6-13(23-2)14(8-11)24-3/h4-6,8H,1,7,9-10H2,2-3H3,(H,18,22)(H,20,21). The quantitative estimate of drug-likeness (QED) is 0.687. The van der Waals surface area contributed by atoms with Crippen LogP contribution in [0, 0.1) is 0 Å². The molecule has 1 unspecified atom stereocenters. The molecule has 8 heteroatoms. The summed E-state index contributed by atoms with van der Waals surface area (Å²) in [5, 5.41) is 15.7. The zero-order valence-electron chi connectivity index (χ0n) is 14.1. The Morgan fingerprint density at radius 2 is 2.12 bits per heavy atom. The second kappa shape index (κ2) is 7.69. The molecule has 0 radical (unpaired) electrons. The van der Waals surface area contributed by atoms with Crippen LogP contribution in [0.25, 0.3) is 0 Å². The Morgan fingerprint density at radius 1 is 1.40 bits per heavy atom. The predicted octanol–water partition coefficient (Wildman–Crippen LogP) is 1.34. The molecule has 0 fully saturated rings. The molecule has 2 N–H and O–H groups in total. The minimum absolute atomic E-state index is 0.0256. The minimum Gasteiger partial charge on any atom is -0.493 e. The fourth-order valence-electron chi connectivity index (χ4n) is 2.52. The number of rotatable bonds is 8. The van der Waals surface area contributed by atoms with Crippen LogP contribution in [0.5, 0.6) is 11.5 Å². The Labute approximate surface area is 145 Å². The number of methoxy groups -OCH3 is 2. The van der Waals surface area contributed by atoms with Gasteiger partial charge in [0.15, 0.2) is 11.5 Å². The molecule has 0 spiro atoms. The number of ether oxygens (including phenoxy) is 2. The van der Waals surface area contributed by atoms with Crippen LogP contribution in [-0.2, 0) is 14.4 Å². The number of carboxylic acid groups (broad SMARTS) is 1. The summed E-state index contributed by atoms with van der Waals surface area (Å²) in [5.74, 6) is -0.660. The van der Waals surface area contributed by atoms with Gasteiger partial charge in [0.1, 0.15) is 0 Å². The van der Waals surface area contributed by atoms with Gasteiger partial charge in [-0.1, -0.05) is 11.2 Å². The minimum atomic E-state index is -1.59. The van der Waals surface area contributed by atoms with E-state index in [0.29, 0.717) is 22.8 Å². The Balaban J connectivity index is 2.27. The number of oxime groups is 1. The zero-order valence-corrected chi connectivity index (χ0v) is 14.1. The number of amides is 1. The number of nitrogens with zero attached hydrogens (tertiary/aromatic N) is 1. The Bertz CT molecular complexity index is 715. The maximum atomic E-state index is 12.4. The summed E-state index contributed by atoms with van der Waals surface area (Å²) in [7, 11) is 3.03. The third-order valence-corrected chi connectivity index (χ3v) is 3.76. The summed E-state index contributed by atoms with van der Waals surface area (Å²) in [5.41, 5.74) is -0.477. The number of aliphatic carboxylic acids is 1. The molecule has 1 atom stereocenters. The summed E-state index contributed by atoms with van der Waals surface area (Å²) in [6, 6.07) is 5.13. The van der Waals surface area contributed by atoms with Gasteiger partial charge in [-0.2, -0.15) is 0 Å². The van der Waals surface area contributed by atoms with Crippen LogP contribution in [0.1, 0.15) is 18.4 Å². The summed E-state index contributed by atoms with van der Waals surface area (Å²) in [4.78, 5) is 28.9. The largest absolute Gasteiger partial charge is 0.493 e. The van der Waals surface area contributed by atoms with Gasteiger partial charge in [0.25, 0.3) is 5.91 Å². The first kappa shape index (κ1) is 18.3. The molecule has 0 saturated carbocycles. The van der Waals surface area contributed by atoms with Crippen LogP contribution in [-0.4, -0.2) is 49.1 Å². The lowest BCUT2D eigenvalue weighted by Crippen LogP contribution is -2.48. The van der Waals surface area contributed by atoms with Crippen molar-refractivity contribution in [1.29, 1.82) is 0 Å². The van der Waals surface area contributed by atoms with Crippen LogP contribution in [0.3, 0.4) is 0 Å². The molecule has 0 saturated heterocycles. The fraction of sp³-hybridized carbons (Fsp3) is 0.353. The highest BCUT2D eigenvalue weighted by Crippen LogP contribution is 2.34. The van der Waals surface area contributed by atoms with Crippen molar-refractivity contribution in [3.05, 3.63) is 36.4 Å². The van der Waals surface area contributed by atoms with E-state index in [9.17, 15) is 9.59 Å². The van der Waals surface area contributed by atoms with Crippen LogP contribution >= 0.6 is 0 Å². The highest BCUT2D eigenvalue weighted by Gasteiger charge is 2.48. The highest BCUT2D eigenvalue weighted by atomic mass is 16.7. The maximum absolute atomic E-state index is 12.4. The van der Waals surface area contributed by atoms with Gasteiger partial charge in [0.2, 0.25) is 5.60 Å². The summed E-state index contributed by atoms with van der Waals surface area (Å²) in [6.45, 7) is 3.72. The lowest BCUT2D eigenvalue weighted by Gasteiger charge is -2.23. The SMILES string of the molecule is C=CCNC(=O)C1(CC(=O)O)CC(c2ccc(OC)c(OC)c2)=NO1. The van der Waals surface area contributed by atoms with Crippen LogP contribution in [0.4, 0.5) is 0 Å². The highest BCUT2D eigenvalue weighted by molar-refractivity contribution is 6.06. The van der Waals surface area contributed by atoms with Crippen molar-refractivity contribution in [2.45, 2.75) is 18.4 Å². The van der Waals surface area contributed by atoms with Gasteiger partial charge in [-0.3, -0.25) is 9.59 Å². The van der Waals surface area contributed by atoms with Crippen molar-refractivity contribution in [2.75, 3.05) is 20.8 Å². The molecule has 134 valence electrons.